The van der Waals surface area contributed by atoms with Crippen LogP contribution in [-0.2, 0) is 0 Å². The van der Waals surface area contributed by atoms with E-state index in [-0.39, 0.29) is 62.8 Å². The first-order chi connectivity index (χ1) is 6.48. The van der Waals surface area contributed by atoms with Gasteiger partial charge in [0.2, 0.25) is 0 Å². The molecule has 0 bridgehead atoms. The van der Waals surface area contributed by atoms with E-state index in [4.69, 9.17) is 0 Å². The first kappa shape index (κ1) is 13.8. The zero-order valence-corrected chi connectivity index (χ0v) is 12.1. The Balaban J connectivity index is 0.00000112. The maximum Gasteiger partial charge on any atom is 1.00 e. The minimum atomic E-state index is -4.85. The van der Waals surface area contributed by atoms with Crippen LogP contribution in [0.4, 0.5) is 12.9 Å². The summed E-state index contributed by atoms with van der Waals surface area (Å²) in [6.45, 7) is -3.15. The van der Waals surface area contributed by atoms with Crippen LogP contribution in [0.1, 0.15) is 29.9 Å². The van der Waals surface area contributed by atoms with Crippen LogP contribution in [0.5, 0.6) is 0 Å². The number of benzene rings is 1. The van der Waals surface area contributed by atoms with Crippen LogP contribution >= 0.6 is 0 Å². The average Bonchev–Trinajstić information content (AvgIpc) is 2.85. The summed E-state index contributed by atoms with van der Waals surface area (Å²) in [7, 11) is 0. The van der Waals surface area contributed by atoms with E-state index in [0.29, 0.717) is 11.1 Å². The van der Waals surface area contributed by atoms with Gasteiger partial charge in [0.1, 0.15) is 0 Å². The van der Waals surface area contributed by atoms with Crippen LogP contribution in [-0.4, -0.2) is 6.98 Å². The Hall–Kier alpha value is 0.711. The molecule has 0 amide bonds. The fraction of sp³-hybridized carbons (Fsp3) is 0.400. The van der Waals surface area contributed by atoms with Gasteiger partial charge in [-0.25, -0.2) is 0 Å². The van der Waals surface area contributed by atoms with Crippen LogP contribution in [0.15, 0.2) is 18.2 Å². The molecule has 0 atom stereocenters. The monoisotopic (exact) mass is 238 g/mol. The third-order valence-electron chi connectivity index (χ3n) is 2.61. The Morgan fingerprint density at radius 1 is 1.20 bits per heavy atom. The largest absolute Gasteiger partial charge is 1.00 e. The molecule has 5 heteroatoms. The predicted octanol–water partition coefficient (Wildman–Crippen LogP) is -0.0692. The van der Waals surface area contributed by atoms with Gasteiger partial charge in [0.05, 0.1) is 0 Å². The summed E-state index contributed by atoms with van der Waals surface area (Å²) in [4.78, 5) is 0. The molecule has 0 nitrogen and oxygen atoms in total. The van der Waals surface area contributed by atoms with E-state index in [2.05, 4.69) is 0 Å². The maximum absolute atomic E-state index is 12.7. The molecule has 0 spiro atoms. The van der Waals surface area contributed by atoms with Crippen LogP contribution in [0.3, 0.4) is 0 Å². The van der Waals surface area contributed by atoms with Gasteiger partial charge in [0, 0.05) is 0 Å². The van der Waals surface area contributed by atoms with Gasteiger partial charge in [0.15, 0.2) is 0 Å². The summed E-state index contributed by atoms with van der Waals surface area (Å²) in [5.74, 6) is 0.161. The summed E-state index contributed by atoms with van der Waals surface area (Å²) < 4.78 is 38.0. The summed E-state index contributed by atoms with van der Waals surface area (Å²) in [6, 6.07) is 4.67. The fourth-order valence-electron chi connectivity index (χ4n) is 1.74. The fourth-order valence-corrected chi connectivity index (χ4v) is 1.74. The van der Waals surface area contributed by atoms with Crippen LogP contribution in [0.25, 0.3) is 0 Å². The predicted molar refractivity (Wildman–Crippen MR) is 51.9 cm³/mol. The molecule has 1 aliphatic rings. The molecule has 1 saturated carbocycles. The number of halogens is 3. The number of hydrogen-bond donors (Lipinski definition) is 0. The van der Waals surface area contributed by atoms with Gasteiger partial charge in [-0.1, -0.05) is 29.3 Å². The van der Waals surface area contributed by atoms with E-state index >= 15 is 0 Å². The van der Waals surface area contributed by atoms with Gasteiger partial charge >= 0.3 is 58.4 Å². The molecular weight excluding hydrogens is 227 g/mol. The second-order valence-corrected chi connectivity index (χ2v) is 3.98. The number of rotatable bonds is 2. The Morgan fingerprint density at radius 2 is 1.80 bits per heavy atom. The molecule has 2 rings (SSSR count). The third kappa shape index (κ3) is 3.33. The summed E-state index contributed by atoms with van der Waals surface area (Å²) >= 11 is 0. The molecule has 1 aromatic carbocycles. The van der Waals surface area contributed by atoms with Crippen molar-refractivity contribution in [3.63, 3.8) is 0 Å². The minimum Gasteiger partial charge on any atom is -0.445 e. The molecule has 0 unspecified atom stereocenters. The van der Waals surface area contributed by atoms with Crippen molar-refractivity contribution in [1.29, 1.82) is 0 Å². The average molecular weight is 238 g/mol. The number of hydrogen-bond acceptors (Lipinski definition) is 0. The van der Waals surface area contributed by atoms with Crippen molar-refractivity contribution in [3.8, 4) is 0 Å². The molecule has 0 aromatic heterocycles. The van der Waals surface area contributed by atoms with E-state index in [0.717, 1.165) is 12.8 Å². The van der Waals surface area contributed by atoms with Crippen molar-refractivity contribution < 1.29 is 64.3 Å². The van der Waals surface area contributed by atoms with Gasteiger partial charge in [0.25, 0.3) is 0 Å². The summed E-state index contributed by atoms with van der Waals surface area (Å²) in [5, 5.41) is 0. The van der Waals surface area contributed by atoms with Crippen molar-refractivity contribution in [2.75, 3.05) is 0 Å². The number of aryl methyl sites for hydroxylation is 1. The SMILES string of the molecule is Cc1ccc(C2CC2)c([B-](F)(F)F)c1.[K+]. The molecule has 1 aliphatic carbocycles. The van der Waals surface area contributed by atoms with Crippen molar-refractivity contribution >= 4 is 12.4 Å². The molecule has 15 heavy (non-hydrogen) atoms. The molecule has 0 heterocycles. The second kappa shape index (κ2) is 4.92. The van der Waals surface area contributed by atoms with Gasteiger partial charge in [-0.15, -0.1) is 5.46 Å². The second-order valence-electron chi connectivity index (χ2n) is 3.98. The van der Waals surface area contributed by atoms with Crippen molar-refractivity contribution in [2.24, 2.45) is 0 Å². The van der Waals surface area contributed by atoms with Gasteiger partial charge in [-0.2, -0.15) is 0 Å². The molecule has 0 saturated heterocycles. The zero-order valence-electron chi connectivity index (χ0n) is 8.93. The normalized spacial score (nSPS) is 16.0. The maximum atomic E-state index is 12.7. The zero-order chi connectivity index (χ0) is 10.3. The summed E-state index contributed by atoms with van der Waals surface area (Å²) in [5.41, 5.74) is 0.805. The molecule has 76 valence electrons. The third-order valence-corrected chi connectivity index (χ3v) is 2.61. The van der Waals surface area contributed by atoms with E-state index in [1.807, 2.05) is 0 Å². The van der Waals surface area contributed by atoms with Gasteiger partial charge in [-0.3, -0.25) is 0 Å². The Morgan fingerprint density at radius 3 is 2.27 bits per heavy atom. The van der Waals surface area contributed by atoms with E-state index in [1.54, 1.807) is 19.1 Å². The molecule has 1 aromatic rings. The molecule has 0 aliphatic heterocycles. The van der Waals surface area contributed by atoms with Crippen molar-refractivity contribution in [3.05, 3.63) is 29.3 Å². The quantitative estimate of drug-likeness (QED) is 0.633. The molecule has 0 N–H and O–H groups in total. The minimum absolute atomic E-state index is 0. The van der Waals surface area contributed by atoms with Gasteiger partial charge in [-0.05, 0) is 25.7 Å². The van der Waals surface area contributed by atoms with Crippen molar-refractivity contribution in [2.45, 2.75) is 25.7 Å². The molecule has 1 fully saturated rings. The molecular formula is C10H11BF3K. The van der Waals surface area contributed by atoms with Crippen LogP contribution < -0.4 is 56.8 Å². The first-order valence-electron chi connectivity index (χ1n) is 4.79. The Kier molecular flexibility index (Phi) is 4.52. The van der Waals surface area contributed by atoms with E-state index < -0.39 is 6.98 Å². The Bertz CT molecular complexity index is 358. The summed E-state index contributed by atoms with van der Waals surface area (Å²) in [6.07, 6.45) is 1.81. The standard InChI is InChI=1S/C10H11BF3.K/c1-7-2-5-9(8-3-4-8)10(6-7)11(12,13)14;/h2,5-6,8H,3-4H2,1H3;/q-1;+1. The molecule has 0 radical (unpaired) electrons. The van der Waals surface area contributed by atoms with Gasteiger partial charge < -0.3 is 12.9 Å². The smallest absolute Gasteiger partial charge is 0.445 e. The van der Waals surface area contributed by atoms with Crippen LogP contribution in [0, 0.1) is 6.92 Å². The first-order valence-corrected chi connectivity index (χ1v) is 4.79. The Labute approximate surface area is 130 Å². The topological polar surface area (TPSA) is 0 Å². The van der Waals surface area contributed by atoms with E-state index in [9.17, 15) is 12.9 Å². The van der Waals surface area contributed by atoms with Crippen LogP contribution in [0.2, 0.25) is 0 Å². The van der Waals surface area contributed by atoms with Crippen molar-refractivity contribution in [1.82, 2.24) is 0 Å². The van der Waals surface area contributed by atoms with E-state index in [1.165, 1.54) is 6.07 Å².